The molecule has 1 N–H and O–H groups in total. The van der Waals surface area contributed by atoms with Crippen LogP contribution in [-0.2, 0) is 4.74 Å². The quantitative estimate of drug-likeness (QED) is 0.855. The highest BCUT2D eigenvalue weighted by molar-refractivity contribution is 6.32. The summed E-state index contributed by atoms with van der Waals surface area (Å²) in [5, 5.41) is 10.6. The van der Waals surface area contributed by atoms with Gasteiger partial charge < -0.3 is 19.5 Å². The molecule has 1 heterocycles. The van der Waals surface area contributed by atoms with Gasteiger partial charge in [-0.2, -0.15) is 0 Å². The number of carbonyl (C=O) groups is 1. The number of benzene rings is 1. The number of piperazine rings is 1. The van der Waals surface area contributed by atoms with Crippen molar-refractivity contribution in [3.8, 4) is 5.75 Å². The second kappa shape index (κ2) is 8.96. The SMILES string of the molecule is CCOC(=O)N1CCN(CC(O)COc2ccccc2Cl)CC1. The van der Waals surface area contributed by atoms with Gasteiger partial charge in [0.1, 0.15) is 18.5 Å². The molecule has 0 spiro atoms. The number of para-hydroxylation sites is 1. The Balaban J connectivity index is 1.69. The molecule has 1 aliphatic heterocycles. The fourth-order valence-corrected chi connectivity index (χ4v) is 2.62. The molecule has 1 aromatic carbocycles. The maximum absolute atomic E-state index is 11.6. The highest BCUT2D eigenvalue weighted by Crippen LogP contribution is 2.23. The molecule has 0 radical (unpaired) electrons. The van der Waals surface area contributed by atoms with Crippen LogP contribution in [0.15, 0.2) is 24.3 Å². The van der Waals surface area contributed by atoms with Crippen LogP contribution >= 0.6 is 11.6 Å². The lowest BCUT2D eigenvalue weighted by molar-refractivity contribution is 0.0408. The van der Waals surface area contributed by atoms with E-state index in [4.69, 9.17) is 21.1 Å². The molecule has 23 heavy (non-hydrogen) atoms. The van der Waals surface area contributed by atoms with E-state index >= 15 is 0 Å². The number of hydrogen-bond donors (Lipinski definition) is 1. The van der Waals surface area contributed by atoms with Crippen molar-refractivity contribution in [3.63, 3.8) is 0 Å². The van der Waals surface area contributed by atoms with Crippen molar-refractivity contribution < 1.29 is 19.4 Å². The minimum atomic E-state index is -0.611. The fraction of sp³-hybridized carbons (Fsp3) is 0.562. The van der Waals surface area contributed by atoms with Gasteiger partial charge in [-0.1, -0.05) is 23.7 Å². The Bertz CT molecular complexity index is 507. The summed E-state index contributed by atoms with van der Waals surface area (Å²) in [6.45, 7) is 5.50. The summed E-state index contributed by atoms with van der Waals surface area (Å²) < 4.78 is 10.5. The van der Waals surface area contributed by atoms with E-state index in [1.54, 1.807) is 24.0 Å². The molecule has 1 aliphatic rings. The Labute approximate surface area is 141 Å². The smallest absolute Gasteiger partial charge is 0.409 e. The zero-order chi connectivity index (χ0) is 16.7. The molecule has 0 bridgehead atoms. The summed E-state index contributed by atoms with van der Waals surface area (Å²) in [5.74, 6) is 0.570. The van der Waals surface area contributed by atoms with Gasteiger partial charge in [-0.05, 0) is 19.1 Å². The van der Waals surface area contributed by atoms with E-state index in [0.717, 1.165) is 0 Å². The van der Waals surface area contributed by atoms with Crippen molar-refractivity contribution in [3.05, 3.63) is 29.3 Å². The van der Waals surface area contributed by atoms with E-state index in [0.29, 0.717) is 50.1 Å². The van der Waals surface area contributed by atoms with Crippen LogP contribution in [0.2, 0.25) is 5.02 Å². The van der Waals surface area contributed by atoms with Crippen LogP contribution < -0.4 is 4.74 Å². The summed E-state index contributed by atoms with van der Waals surface area (Å²) in [6, 6.07) is 7.18. The molecule has 2 rings (SSSR count). The van der Waals surface area contributed by atoms with Crippen molar-refractivity contribution >= 4 is 17.7 Å². The Morgan fingerprint density at radius 1 is 1.30 bits per heavy atom. The van der Waals surface area contributed by atoms with Crippen LogP contribution in [-0.4, -0.2) is 73.0 Å². The minimum Gasteiger partial charge on any atom is -0.489 e. The molecule has 1 saturated heterocycles. The Hall–Kier alpha value is -1.50. The second-order valence-electron chi connectivity index (χ2n) is 5.38. The highest BCUT2D eigenvalue weighted by Gasteiger charge is 2.23. The number of halogens is 1. The molecule has 1 fully saturated rings. The zero-order valence-corrected chi connectivity index (χ0v) is 14.0. The van der Waals surface area contributed by atoms with Gasteiger partial charge in [0.05, 0.1) is 11.6 Å². The lowest BCUT2D eigenvalue weighted by atomic mass is 10.2. The summed E-state index contributed by atoms with van der Waals surface area (Å²) >= 11 is 6.00. The molecule has 0 aromatic heterocycles. The van der Waals surface area contributed by atoms with Crippen molar-refractivity contribution in [1.82, 2.24) is 9.80 Å². The van der Waals surface area contributed by atoms with Gasteiger partial charge in [0, 0.05) is 32.7 Å². The molecule has 1 unspecified atom stereocenters. The largest absolute Gasteiger partial charge is 0.489 e. The third kappa shape index (κ3) is 5.57. The van der Waals surface area contributed by atoms with Gasteiger partial charge in [-0.3, -0.25) is 4.90 Å². The minimum absolute atomic E-state index is 0.182. The molecular weight excluding hydrogens is 320 g/mol. The van der Waals surface area contributed by atoms with E-state index in [2.05, 4.69) is 4.90 Å². The molecule has 0 saturated carbocycles. The first-order valence-electron chi connectivity index (χ1n) is 7.79. The number of aliphatic hydroxyl groups excluding tert-OH is 1. The first-order chi connectivity index (χ1) is 11.1. The number of ether oxygens (including phenoxy) is 2. The molecule has 0 aliphatic carbocycles. The van der Waals surface area contributed by atoms with Crippen LogP contribution in [0.5, 0.6) is 5.75 Å². The molecule has 1 aromatic rings. The summed E-state index contributed by atoms with van der Waals surface area (Å²) in [4.78, 5) is 15.4. The maximum Gasteiger partial charge on any atom is 0.409 e. The number of β-amino-alcohol motifs (C(OH)–C–C–N with tert-alkyl or cyclic N) is 1. The van der Waals surface area contributed by atoms with Crippen molar-refractivity contribution in [2.24, 2.45) is 0 Å². The fourth-order valence-electron chi connectivity index (χ4n) is 2.43. The molecule has 7 heteroatoms. The topological polar surface area (TPSA) is 62.2 Å². The lowest BCUT2D eigenvalue weighted by Gasteiger charge is -2.34. The van der Waals surface area contributed by atoms with E-state index < -0.39 is 6.10 Å². The van der Waals surface area contributed by atoms with Gasteiger partial charge >= 0.3 is 6.09 Å². The standard InChI is InChI=1S/C16H23ClN2O4/c1-2-22-16(21)19-9-7-18(8-10-19)11-13(20)12-23-15-6-4-3-5-14(15)17/h3-6,13,20H,2,7-12H2,1H3. The van der Waals surface area contributed by atoms with E-state index in [9.17, 15) is 9.90 Å². The second-order valence-corrected chi connectivity index (χ2v) is 5.79. The zero-order valence-electron chi connectivity index (χ0n) is 13.3. The molecule has 1 atom stereocenters. The predicted molar refractivity (Wildman–Crippen MR) is 88.0 cm³/mol. The first kappa shape index (κ1) is 17.8. The van der Waals surface area contributed by atoms with Crippen LogP contribution in [0.25, 0.3) is 0 Å². The van der Waals surface area contributed by atoms with E-state index in [-0.39, 0.29) is 12.7 Å². The molecular formula is C16H23ClN2O4. The average molecular weight is 343 g/mol. The van der Waals surface area contributed by atoms with Gasteiger partial charge in [0.25, 0.3) is 0 Å². The highest BCUT2D eigenvalue weighted by atomic mass is 35.5. The average Bonchev–Trinajstić information content (AvgIpc) is 2.55. The Morgan fingerprint density at radius 2 is 2.00 bits per heavy atom. The van der Waals surface area contributed by atoms with Crippen molar-refractivity contribution in [2.45, 2.75) is 13.0 Å². The summed E-state index contributed by atoms with van der Waals surface area (Å²) in [7, 11) is 0. The number of amides is 1. The maximum atomic E-state index is 11.6. The third-order valence-corrected chi connectivity index (χ3v) is 3.95. The van der Waals surface area contributed by atoms with Gasteiger partial charge in [-0.15, -0.1) is 0 Å². The monoisotopic (exact) mass is 342 g/mol. The van der Waals surface area contributed by atoms with E-state index in [1.165, 1.54) is 0 Å². The van der Waals surface area contributed by atoms with Crippen molar-refractivity contribution in [2.75, 3.05) is 45.9 Å². The molecule has 6 nitrogen and oxygen atoms in total. The van der Waals surface area contributed by atoms with E-state index in [1.807, 2.05) is 12.1 Å². The number of rotatable bonds is 6. The van der Waals surface area contributed by atoms with Gasteiger partial charge in [0.2, 0.25) is 0 Å². The number of carbonyl (C=O) groups excluding carboxylic acids is 1. The number of nitrogens with zero attached hydrogens (tertiary/aromatic N) is 2. The Kier molecular flexibility index (Phi) is 6.95. The lowest BCUT2D eigenvalue weighted by Crippen LogP contribution is -2.51. The van der Waals surface area contributed by atoms with Gasteiger partial charge in [-0.25, -0.2) is 4.79 Å². The van der Waals surface area contributed by atoms with Gasteiger partial charge in [0.15, 0.2) is 0 Å². The van der Waals surface area contributed by atoms with Crippen LogP contribution in [0, 0.1) is 0 Å². The summed E-state index contributed by atoms with van der Waals surface area (Å²) in [5.41, 5.74) is 0. The van der Waals surface area contributed by atoms with Crippen molar-refractivity contribution in [1.29, 1.82) is 0 Å². The summed E-state index contributed by atoms with van der Waals surface area (Å²) in [6.07, 6.45) is -0.879. The molecule has 1 amide bonds. The first-order valence-corrected chi connectivity index (χ1v) is 8.17. The number of hydrogen-bond acceptors (Lipinski definition) is 5. The predicted octanol–water partition coefficient (Wildman–Crippen LogP) is 1.85. The van der Waals surface area contributed by atoms with Crippen LogP contribution in [0.4, 0.5) is 4.79 Å². The van der Waals surface area contributed by atoms with Crippen LogP contribution in [0.3, 0.4) is 0 Å². The Morgan fingerprint density at radius 3 is 2.65 bits per heavy atom. The normalized spacial score (nSPS) is 16.9. The van der Waals surface area contributed by atoms with Crippen LogP contribution in [0.1, 0.15) is 6.92 Å². The molecule has 128 valence electrons. The third-order valence-electron chi connectivity index (χ3n) is 3.64. The number of aliphatic hydroxyl groups is 1.